The molecule has 17 heavy (non-hydrogen) atoms. The summed E-state index contributed by atoms with van der Waals surface area (Å²) in [6.07, 6.45) is 6.41. The lowest BCUT2D eigenvalue weighted by Crippen LogP contribution is -2.36. The van der Waals surface area contributed by atoms with Crippen LogP contribution in [0.15, 0.2) is 18.2 Å². The van der Waals surface area contributed by atoms with Crippen LogP contribution in [0.4, 0.5) is 11.4 Å². The van der Waals surface area contributed by atoms with Crippen molar-refractivity contribution >= 4 is 11.4 Å². The topological polar surface area (TPSA) is 47.3 Å². The van der Waals surface area contributed by atoms with Crippen LogP contribution in [0.1, 0.15) is 39.0 Å². The molecule has 0 heterocycles. The first-order valence-electron chi connectivity index (χ1n) is 6.35. The van der Waals surface area contributed by atoms with E-state index in [1.807, 2.05) is 18.2 Å². The number of nitrogens with two attached hydrogens (primary N) is 1. The van der Waals surface area contributed by atoms with Crippen molar-refractivity contribution in [2.24, 2.45) is 0 Å². The number of rotatable bonds is 3. The van der Waals surface area contributed by atoms with Gasteiger partial charge in [0.05, 0.1) is 18.5 Å². The predicted octanol–water partition coefficient (Wildman–Crippen LogP) is 3.41. The number of anilines is 2. The Hall–Kier alpha value is -1.38. The Kier molecular flexibility index (Phi) is 3.46. The molecule has 0 saturated heterocycles. The van der Waals surface area contributed by atoms with E-state index in [0.717, 1.165) is 17.1 Å². The van der Waals surface area contributed by atoms with Gasteiger partial charge < -0.3 is 15.8 Å². The van der Waals surface area contributed by atoms with Gasteiger partial charge in [-0.05, 0) is 31.9 Å². The molecule has 0 unspecified atom stereocenters. The van der Waals surface area contributed by atoms with Crippen molar-refractivity contribution in [2.45, 2.75) is 44.6 Å². The average molecular weight is 234 g/mol. The van der Waals surface area contributed by atoms with Crippen LogP contribution >= 0.6 is 0 Å². The molecule has 1 fully saturated rings. The van der Waals surface area contributed by atoms with Crippen LogP contribution in [-0.2, 0) is 0 Å². The van der Waals surface area contributed by atoms with Crippen molar-refractivity contribution in [1.29, 1.82) is 0 Å². The van der Waals surface area contributed by atoms with Crippen molar-refractivity contribution in [2.75, 3.05) is 18.2 Å². The van der Waals surface area contributed by atoms with E-state index in [4.69, 9.17) is 10.5 Å². The van der Waals surface area contributed by atoms with E-state index < -0.39 is 0 Å². The smallest absolute Gasteiger partial charge is 0.121 e. The van der Waals surface area contributed by atoms with Gasteiger partial charge in [-0.15, -0.1) is 0 Å². The highest BCUT2D eigenvalue weighted by Crippen LogP contribution is 2.34. The number of nitrogens with one attached hydrogen (secondary N) is 1. The largest absolute Gasteiger partial charge is 0.497 e. The molecule has 1 aromatic rings. The van der Waals surface area contributed by atoms with Crippen molar-refractivity contribution in [3.63, 3.8) is 0 Å². The first-order valence-corrected chi connectivity index (χ1v) is 6.35. The third-order valence-electron chi connectivity index (χ3n) is 3.65. The summed E-state index contributed by atoms with van der Waals surface area (Å²) in [4.78, 5) is 0. The van der Waals surface area contributed by atoms with Gasteiger partial charge in [0.25, 0.3) is 0 Å². The van der Waals surface area contributed by atoms with Gasteiger partial charge in [0.2, 0.25) is 0 Å². The van der Waals surface area contributed by atoms with Crippen molar-refractivity contribution in [3.8, 4) is 5.75 Å². The summed E-state index contributed by atoms with van der Waals surface area (Å²) in [7, 11) is 1.66. The number of methoxy groups -OCH3 is 1. The maximum absolute atomic E-state index is 6.03. The number of ether oxygens (including phenoxy) is 1. The van der Waals surface area contributed by atoms with E-state index >= 15 is 0 Å². The van der Waals surface area contributed by atoms with Crippen LogP contribution in [0.2, 0.25) is 0 Å². The minimum Gasteiger partial charge on any atom is -0.497 e. The fraction of sp³-hybridized carbons (Fsp3) is 0.571. The summed E-state index contributed by atoms with van der Waals surface area (Å²) in [5, 5.41) is 3.60. The van der Waals surface area contributed by atoms with Crippen LogP contribution in [0.3, 0.4) is 0 Å². The summed E-state index contributed by atoms with van der Waals surface area (Å²) < 4.78 is 5.16. The molecule has 3 N–H and O–H groups in total. The molecule has 0 bridgehead atoms. The second-order valence-electron chi connectivity index (χ2n) is 5.20. The molecule has 3 heteroatoms. The van der Waals surface area contributed by atoms with Crippen molar-refractivity contribution in [3.05, 3.63) is 18.2 Å². The third-order valence-corrected chi connectivity index (χ3v) is 3.65. The highest BCUT2D eigenvalue weighted by molar-refractivity contribution is 5.69. The fourth-order valence-electron chi connectivity index (χ4n) is 2.56. The van der Waals surface area contributed by atoms with Crippen LogP contribution in [0, 0.1) is 0 Å². The van der Waals surface area contributed by atoms with Gasteiger partial charge in [-0.25, -0.2) is 0 Å². The lowest BCUT2D eigenvalue weighted by Gasteiger charge is -2.36. The van der Waals surface area contributed by atoms with Crippen LogP contribution in [0.5, 0.6) is 5.75 Å². The first kappa shape index (κ1) is 12.1. The monoisotopic (exact) mass is 234 g/mol. The van der Waals surface area contributed by atoms with Crippen molar-refractivity contribution in [1.82, 2.24) is 0 Å². The van der Waals surface area contributed by atoms with Crippen LogP contribution in [0.25, 0.3) is 0 Å². The standard InChI is InChI=1S/C14H22N2O/c1-14(8-4-3-5-9-14)16-13-7-6-11(17-2)10-12(13)15/h6-7,10,16H,3-5,8-9,15H2,1-2H3. The second-order valence-corrected chi connectivity index (χ2v) is 5.20. The molecule has 1 aliphatic carbocycles. The van der Waals surface area contributed by atoms with Gasteiger partial charge >= 0.3 is 0 Å². The van der Waals surface area contributed by atoms with E-state index in [9.17, 15) is 0 Å². The molecular formula is C14H22N2O. The normalized spacial score (nSPS) is 18.7. The zero-order valence-corrected chi connectivity index (χ0v) is 10.8. The fourth-order valence-corrected chi connectivity index (χ4v) is 2.56. The molecule has 0 radical (unpaired) electrons. The molecule has 2 rings (SSSR count). The molecule has 1 aliphatic rings. The molecule has 1 aromatic carbocycles. The van der Waals surface area contributed by atoms with Crippen LogP contribution in [-0.4, -0.2) is 12.6 Å². The maximum Gasteiger partial charge on any atom is 0.121 e. The Balaban J connectivity index is 2.12. The van der Waals surface area contributed by atoms with Crippen molar-refractivity contribution < 1.29 is 4.74 Å². The number of hydrogen-bond donors (Lipinski definition) is 2. The number of benzene rings is 1. The van der Waals surface area contributed by atoms with Gasteiger partial charge in [0.1, 0.15) is 5.75 Å². The molecule has 0 aromatic heterocycles. The summed E-state index contributed by atoms with van der Waals surface area (Å²) in [5.74, 6) is 0.807. The summed E-state index contributed by atoms with van der Waals surface area (Å²) in [6, 6.07) is 5.83. The molecule has 0 spiro atoms. The number of nitrogen functional groups attached to an aromatic ring is 1. The van der Waals surface area contributed by atoms with E-state index in [-0.39, 0.29) is 5.54 Å². The van der Waals surface area contributed by atoms with Gasteiger partial charge in [-0.3, -0.25) is 0 Å². The summed E-state index contributed by atoms with van der Waals surface area (Å²) in [6.45, 7) is 2.29. The minimum absolute atomic E-state index is 0.195. The summed E-state index contributed by atoms with van der Waals surface area (Å²) >= 11 is 0. The Labute approximate surface area is 103 Å². The molecule has 0 aliphatic heterocycles. The lowest BCUT2D eigenvalue weighted by molar-refractivity contribution is 0.349. The van der Waals surface area contributed by atoms with E-state index in [1.165, 1.54) is 32.1 Å². The molecule has 3 nitrogen and oxygen atoms in total. The Morgan fingerprint density at radius 1 is 1.24 bits per heavy atom. The SMILES string of the molecule is COc1ccc(NC2(C)CCCCC2)c(N)c1. The quantitative estimate of drug-likeness (QED) is 0.788. The Morgan fingerprint density at radius 3 is 2.53 bits per heavy atom. The Morgan fingerprint density at radius 2 is 1.94 bits per heavy atom. The highest BCUT2D eigenvalue weighted by atomic mass is 16.5. The van der Waals surface area contributed by atoms with Crippen LogP contribution < -0.4 is 15.8 Å². The molecular weight excluding hydrogens is 212 g/mol. The zero-order chi connectivity index (χ0) is 12.3. The highest BCUT2D eigenvalue weighted by Gasteiger charge is 2.26. The Bertz CT molecular complexity index is 384. The lowest BCUT2D eigenvalue weighted by atomic mass is 9.83. The predicted molar refractivity (Wildman–Crippen MR) is 72.5 cm³/mol. The molecule has 0 amide bonds. The third kappa shape index (κ3) is 2.84. The summed E-state index contributed by atoms with van der Waals surface area (Å²) in [5.41, 5.74) is 8.01. The number of hydrogen-bond acceptors (Lipinski definition) is 3. The van der Waals surface area contributed by atoms with E-state index in [0.29, 0.717) is 0 Å². The maximum atomic E-state index is 6.03. The van der Waals surface area contributed by atoms with Gasteiger partial charge in [-0.2, -0.15) is 0 Å². The first-order chi connectivity index (χ1) is 8.13. The van der Waals surface area contributed by atoms with Gasteiger partial charge in [0.15, 0.2) is 0 Å². The second kappa shape index (κ2) is 4.86. The average Bonchev–Trinajstić information content (AvgIpc) is 2.32. The minimum atomic E-state index is 0.195. The zero-order valence-electron chi connectivity index (χ0n) is 10.8. The van der Waals surface area contributed by atoms with E-state index in [2.05, 4.69) is 12.2 Å². The van der Waals surface area contributed by atoms with Gasteiger partial charge in [0, 0.05) is 11.6 Å². The molecule has 1 saturated carbocycles. The van der Waals surface area contributed by atoms with Gasteiger partial charge in [-0.1, -0.05) is 19.3 Å². The molecule has 0 atom stereocenters. The van der Waals surface area contributed by atoms with E-state index in [1.54, 1.807) is 7.11 Å². The molecule has 94 valence electrons.